The van der Waals surface area contributed by atoms with E-state index in [1.807, 2.05) is 13.8 Å². The number of rotatable bonds is 2. The number of carbonyl (C=O) groups is 2. The van der Waals surface area contributed by atoms with Crippen molar-refractivity contribution in [2.24, 2.45) is 11.3 Å². The number of benzene rings is 1. The molecule has 1 saturated carbocycles. The Morgan fingerprint density at radius 1 is 1.20 bits per heavy atom. The van der Waals surface area contributed by atoms with Crippen LogP contribution in [0, 0.1) is 11.3 Å². The van der Waals surface area contributed by atoms with Crippen LogP contribution < -0.4 is 0 Å². The lowest BCUT2D eigenvalue weighted by Gasteiger charge is -2.39. The zero-order chi connectivity index (χ0) is 18.4. The zero-order valence-electron chi connectivity index (χ0n) is 14.4. The lowest BCUT2D eigenvalue weighted by atomic mass is 9.74. The van der Waals surface area contributed by atoms with Gasteiger partial charge >= 0.3 is 6.18 Å². The number of hydrogen-bond donors (Lipinski definition) is 0. The van der Waals surface area contributed by atoms with Crippen LogP contribution >= 0.6 is 0 Å². The van der Waals surface area contributed by atoms with Crippen molar-refractivity contribution in [3.8, 4) is 0 Å². The van der Waals surface area contributed by atoms with E-state index < -0.39 is 17.2 Å². The van der Waals surface area contributed by atoms with Crippen molar-refractivity contribution >= 4 is 11.7 Å². The van der Waals surface area contributed by atoms with Crippen LogP contribution in [0.15, 0.2) is 18.2 Å². The van der Waals surface area contributed by atoms with E-state index in [9.17, 15) is 22.8 Å². The average Bonchev–Trinajstić information content (AvgIpc) is 2.95. The summed E-state index contributed by atoms with van der Waals surface area (Å²) in [7, 11) is 0. The van der Waals surface area contributed by atoms with Gasteiger partial charge in [-0.05, 0) is 42.0 Å². The van der Waals surface area contributed by atoms with E-state index in [2.05, 4.69) is 0 Å². The van der Waals surface area contributed by atoms with Crippen LogP contribution in [0.25, 0.3) is 0 Å². The lowest BCUT2D eigenvalue weighted by Crippen LogP contribution is -2.47. The second-order valence-corrected chi connectivity index (χ2v) is 7.48. The number of nitrogens with zero attached hydrogens (tertiary/aromatic N) is 1. The summed E-state index contributed by atoms with van der Waals surface area (Å²) in [6.07, 6.45) is -2.66. The molecule has 0 N–H and O–H groups in total. The Morgan fingerprint density at radius 2 is 1.92 bits per heavy atom. The molecule has 3 rings (SSSR count). The Kier molecular flexibility index (Phi) is 4.41. The highest BCUT2D eigenvalue weighted by molar-refractivity contribution is 5.93. The first-order valence-corrected chi connectivity index (χ1v) is 8.63. The van der Waals surface area contributed by atoms with Crippen LogP contribution in [0.5, 0.6) is 0 Å². The molecule has 1 fully saturated rings. The first-order valence-electron chi connectivity index (χ1n) is 8.63. The molecule has 0 bridgehead atoms. The van der Waals surface area contributed by atoms with Gasteiger partial charge in [0.15, 0.2) is 0 Å². The molecule has 0 aromatic heterocycles. The molecular weight excluding hydrogens is 331 g/mol. The summed E-state index contributed by atoms with van der Waals surface area (Å²) in [6.45, 7) is 4.55. The fraction of sp³-hybridized carbons (Fsp3) is 0.579. The van der Waals surface area contributed by atoms with Gasteiger partial charge in [0.2, 0.25) is 5.91 Å². The lowest BCUT2D eigenvalue weighted by molar-refractivity contribution is -0.146. The fourth-order valence-electron chi connectivity index (χ4n) is 4.04. The summed E-state index contributed by atoms with van der Waals surface area (Å²) in [6, 6.07) is 3.76. The molecule has 0 radical (unpaired) electrons. The highest BCUT2D eigenvalue weighted by Crippen LogP contribution is 2.45. The van der Waals surface area contributed by atoms with Crippen molar-refractivity contribution in [1.82, 2.24) is 4.90 Å². The second kappa shape index (κ2) is 6.15. The third kappa shape index (κ3) is 3.18. The number of carbonyl (C=O) groups excluding carboxylic acids is 2. The Morgan fingerprint density at radius 3 is 2.48 bits per heavy atom. The number of halogens is 3. The van der Waals surface area contributed by atoms with Gasteiger partial charge in [-0.2, -0.15) is 13.2 Å². The molecule has 1 amide bonds. The highest BCUT2D eigenvalue weighted by Gasteiger charge is 2.49. The molecule has 1 aromatic carbocycles. The Hall–Kier alpha value is -1.85. The van der Waals surface area contributed by atoms with Crippen molar-refractivity contribution in [3.63, 3.8) is 0 Å². The van der Waals surface area contributed by atoms with Crippen molar-refractivity contribution < 1.29 is 22.8 Å². The van der Waals surface area contributed by atoms with E-state index in [1.54, 1.807) is 4.90 Å². The molecule has 3 nitrogen and oxygen atoms in total. The quantitative estimate of drug-likeness (QED) is 0.806. The summed E-state index contributed by atoms with van der Waals surface area (Å²) in [4.78, 5) is 26.6. The molecule has 2 aliphatic rings. The predicted molar refractivity (Wildman–Crippen MR) is 86.7 cm³/mol. The SMILES string of the molecule is CC(C)[C@]1(C(=O)N2CCc3ccc(C(F)(F)F)cc3C2)CCC(=O)C1. The number of hydrogen-bond acceptors (Lipinski definition) is 2. The normalized spacial score (nSPS) is 23.9. The summed E-state index contributed by atoms with van der Waals surface area (Å²) in [5, 5.41) is 0. The number of ketones is 1. The summed E-state index contributed by atoms with van der Waals surface area (Å²) < 4.78 is 38.9. The van der Waals surface area contributed by atoms with Crippen LogP contribution in [-0.4, -0.2) is 23.1 Å². The van der Waals surface area contributed by atoms with Gasteiger partial charge in [0.1, 0.15) is 5.78 Å². The standard InChI is InChI=1S/C19H22F3NO2/c1-12(2)18(7-5-16(24)10-18)17(25)23-8-6-13-3-4-15(19(20,21)22)9-14(13)11-23/h3-4,9,12H,5-8,10-11H2,1-2H3/t18-/m0/s1. The number of alkyl halides is 3. The number of amides is 1. The minimum atomic E-state index is -4.39. The fourth-order valence-corrected chi connectivity index (χ4v) is 4.04. The van der Waals surface area contributed by atoms with E-state index in [1.165, 1.54) is 6.07 Å². The average molecular weight is 353 g/mol. The molecule has 0 saturated heterocycles. The molecular formula is C19H22F3NO2. The van der Waals surface area contributed by atoms with Crippen LogP contribution in [0.3, 0.4) is 0 Å². The Labute approximate surface area is 145 Å². The number of Topliss-reactive ketones (excluding diaryl/α,β-unsaturated/α-hetero) is 1. The Balaban J connectivity index is 1.86. The molecule has 136 valence electrons. The van der Waals surface area contributed by atoms with Gasteiger partial charge in [-0.25, -0.2) is 0 Å². The molecule has 6 heteroatoms. The van der Waals surface area contributed by atoms with Crippen LogP contribution in [0.1, 0.15) is 49.8 Å². The molecule has 1 aliphatic carbocycles. The van der Waals surface area contributed by atoms with Crippen LogP contribution in [0.4, 0.5) is 13.2 Å². The summed E-state index contributed by atoms with van der Waals surface area (Å²) in [5.74, 6) is 0.0320. The maximum atomic E-state index is 13.2. The third-order valence-corrected chi connectivity index (χ3v) is 5.73. The van der Waals surface area contributed by atoms with E-state index in [4.69, 9.17) is 0 Å². The minimum Gasteiger partial charge on any atom is -0.338 e. The Bertz CT molecular complexity index is 711. The first-order chi connectivity index (χ1) is 11.6. The van der Waals surface area contributed by atoms with Gasteiger partial charge in [-0.3, -0.25) is 9.59 Å². The molecule has 1 heterocycles. The van der Waals surface area contributed by atoms with Gasteiger partial charge in [0, 0.05) is 25.9 Å². The molecule has 0 spiro atoms. The second-order valence-electron chi connectivity index (χ2n) is 7.48. The van der Waals surface area contributed by atoms with E-state index in [0.29, 0.717) is 31.4 Å². The van der Waals surface area contributed by atoms with Crippen LogP contribution in [-0.2, 0) is 28.7 Å². The minimum absolute atomic E-state index is 0.0226. The van der Waals surface area contributed by atoms with Gasteiger partial charge in [0.05, 0.1) is 11.0 Å². The van der Waals surface area contributed by atoms with Crippen molar-refractivity contribution in [3.05, 3.63) is 34.9 Å². The maximum absolute atomic E-state index is 13.2. The van der Waals surface area contributed by atoms with Crippen molar-refractivity contribution in [2.75, 3.05) is 6.54 Å². The highest BCUT2D eigenvalue weighted by atomic mass is 19.4. The van der Waals surface area contributed by atoms with E-state index in [0.717, 1.165) is 17.7 Å². The molecule has 1 atom stereocenters. The first kappa shape index (κ1) is 18.0. The van der Waals surface area contributed by atoms with E-state index in [-0.39, 0.29) is 30.6 Å². The molecule has 1 aromatic rings. The van der Waals surface area contributed by atoms with Crippen molar-refractivity contribution in [2.45, 2.75) is 52.3 Å². The summed E-state index contributed by atoms with van der Waals surface area (Å²) in [5.41, 5.74) is 0.0296. The van der Waals surface area contributed by atoms with E-state index >= 15 is 0 Å². The maximum Gasteiger partial charge on any atom is 0.416 e. The van der Waals surface area contributed by atoms with Gasteiger partial charge in [-0.1, -0.05) is 19.9 Å². The molecule has 25 heavy (non-hydrogen) atoms. The largest absolute Gasteiger partial charge is 0.416 e. The molecule has 1 aliphatic heterocycles. The zero-order valence-corrected chi connectivity index (χ0v) is 14.4. The molecule has 0 unspecified atom stereocenters. The van der Waals surface area contributed by atoms with Crippen molar-refractivity contribution in [1.29, 1.82) is 0 Å². The van der Waals surface area contributed by atoms with Gasteiger partial charge in [0.25, 0.3) is 0 Å². The number of fused-ring (bicyclic) bond motifs is 1. The summed E-state index contributed by atoms with van der Waals surface area (Å²) >= 11 is 0. The van der Waals surface area contributed by atoms with Gasteiger partial charge < -0.3 is 4.90 Å². The predicted octanol–water partition coefficient (Wildman–Crippen LogP) is 3.99. The third-order valence-electron chi connectivity index (χ3n) is 5.73. The van der Waals surface area contributed by atoms with Crippen LogP contribution in [0.2, 0.25) is 0 Å². The smallest absolute Gasteiger partial charge is 0.338 e. The monoisotopic (exact) mass is 353 g/mol. The van der Waals surface area contributed by atoms with Gasteiger partial charge in [-0.15, -0.1) is 0 Å². The topological polar surface area (TPSA) is 37.4 Å².